The van der Waals surface area contributed by atoms with Gasteiger partial charge in [0.05, 0.1) is 38.1 Å². The van der Waals surface area contributed by atoms with Gasteiger partial charge in [-0.15, -0.1) is 0 Å². The van der Waals surface area contributed by atoms with E-state index in [0.717, 1.165) is 4.57 Å². The lowest BCUT2D eigenvalue weighted by molar-refractivity contribution is -0.164. The molecule has 4 aromatic rings. The Morgan fingerprint density at radius 2 is 1.93 bits per heavy atom. The molecule has 0 N–H and O–H groups in total. The Kier molecular flexibility index (Phi) is 8.94. The van der Waals surface area contributed by atoms with E-state index < -0.39 is 40.3 Å². The number of fused-ring (bicyclic) bond motifs is 1. The number of thiophene rings is 1. The van der Waals surface area contributed by atoms with E-state index in [0.29, 0.717) is 26.7 Å². The van der Waals surface area contributed by atoms with Crippen LogP contribution in [0.4, 0.5) is 4.39 Å². The van der Waals surface area contributed by atoms with Crippen LogP contribution in [0.1, 0.15) is 58.3 Å². The third kappa shape index (κ3) is 6.25. The zero-order valence-electron chi connectivity index (χ0n) is 25.1. The van der Waals surface area contributed by atoms with Gasteiger partial charge in [0.25, 0.3) is 5.56 Å². The number of hydrogen-bond donors (Lipinski definition) is 0. The van der Waals surface area contributed by atoms with Gasteiger partial charge in [0.2, 0.25) is 0 Å². The van der Waals surface area contributed by atoms with Crippen LogP contribution in [0.15, 0.2) is 46.2 Å². The van der Waals surface area contributed by atoms with E-state index in [4.69, 9.17) is 19.5 Å². The van der Waals surface area contributed by atoms with Gasteiger partial charge in [0.15, 0.2) is 0 Å². The molecule has 0 amide bonds. The predicted octanol–water partition coefficient (Wildman–Crippen LogP) is 4.61. The molecule has 11 nitrogen and oxygen atoms in total. The molecule has 0 saturated heterocycles. The number of benzene rings is 1. The molecule has 3 aromatic heterocycles. The third-order valence-corrected chi connectivity index (χ3v) is 8.08. The summed E-state index contributed by atoms with van der Waals surface area (Å²) in [7, 11) is 1.43. The first-order valence-electron chi connectivity index (χ1n) is 13.6. The number of esters is 1. The first-order chi connectivity index (χ1) is 20.2. The molecular formula is C30H34FN5O6S. The van der Waals surface area contributed by atoms with Crippen molar-refractivity contribution in [1.29, 1.82) is 5.26 Å². The van der Waals surface area contributed by atoms with E-state index in [9.17, 15) is 18.8 Å². The van der Waals surface area contributed by atoms with Crippen LogP contribution in [0, 0.1) is 24.1 Å². The molecule has 13 heteroatoms. The Labute approximate surface area is 251 Å². The number of nitrogens with zero attached hydrogens (tertiary/aromatic N) is 5. The molecular weight excluding hydrogens is 577 g/mol. The standard InChI is InChI=1S/C30H34FN5O6S/c1-18-23-24(37)36(30(5,6)27(38)42-29(2,3)4)28(39)34(26(23)43-25(18)35-14-9-13-33-35)17-22(41-15-8-12-32)20-16-19(31)10-11-21(20)40-7/h9-11,13-14,16,22H,8,15,17H2,1-7H3/t22-/m0/s1. The lowest BCUT2D eigenvalue weighted by Gasteiger charge is -2.30. The van der Waals surface area contributed by atoms with E-state index in [-0.39, 0.29) is 25.0 Å². The first kappa shape index (κ1) is 31.7. The van der Waals surface area contributed by atoms with Crippen molar-refractivity contribution in [2.45, 2.75) is 71.8 Å². The van der Waals surface area contributed by atoms with Gasteiger partial charge in [0, 0.05) is 23.5 Å². The van der Waals surface area contributed by atoms with E-state index in [1.165, 1.54) is 55.1 Å². The van der Waals surface area contributed by atoms with Crippen molar-refractivity contribution in [3.8, 4) is 16.8 Å². The molecule has 4 rings (SSSR count). The number of ether oxygens (including phenoxy) is 3. The third-order valence-electron chi connectivity index (χ3n) is 6.78. The second-order valence-corrected chi connectivity index (χ2v) is 12.4. The fraction of sp³-hybridized carbons (Fsp3) is 0.433. The van der Waals surface area contributed by atoms with Crippen LogP contribution in [0.2, 0.25) is 0 Å². The van der Waals surface area contributed by atoms with Crippen LogP contribution in [-0.4, -0.2) is 44.2 Å². The van der Waals surface area contributed by atoms with Gasteiger partial charge in [-0.2, -0.15) is 10.4 Å². The van der Waals surface area contributed by atoms with Crippen molar-refractivity contribution in [3.63, 3.8) is 0 Å². The number of nitriles is 1. The maximum absolute atomic E-state index is 14.5. The minimum absolute atomic E-state index is 0.0101. The summed E-state index contributed by atoms with van der Waals surface area (Å²) in [5, 5.41) is 14.2. The normalized spacial score (nSPS) is 12.7. The number of hydrogen-bond acceptors (Lipinski definition) is 9. The van der Waals surface area contributed by atoms with E-state index in [1.807, 2.05) is 6.07 Å². The largest absolute Gasteiger partial charge is 0.496 e. The number of methoxy groups -OCH3 is 1. The average Bonchev–Trinajstić information content (AvgIpc) is 3.57. The Morgan fingerprint density at radius 3 is 2.53 bits per heavy atom. The van der Waals surface area contributed by atoms with Crippen LogP contribution < -0.4 is 16.0 Å². The van der Waals surface area contributed by atoms with Gasteiger partial charge in [-0.05, 0) is 65.8 Å². The number of aromatic nitrogens is 4. The molecule has 1 atom stereocenters. The molecule has 0 radical (unpaired) electrons. The summed E-state index contributed by atoms with van der Waals surface area (Å²) in [6, 6.07) is 7.67. The average molecular weight is 612 g/mol. The van der Waals surface area contributed by atoms with Gasteiger partial charge in [-0.1, -0.05) is 11.3 Å². The van der Waals surface area contributed by atoms with Gasteiger partial charge < -0.3 is 14.2 Å². The zero-order valence-corrected chi connectivity index (χ0v) is 26.0. The van der Waals surface area contributed by atoms with E-state index >= 15 is 0 Å². The van der Waals surface area contributed by atoms with Crippen molar-refractivity contribution in [1.82, 2.24) is 18.9 Å². The highest BCUT2D eigenvalue weighted by Gasteiger charge is 2.39. The van der Waals surface area contributed by atoms with Gasteiger partial charge >= 0.3 is 11.7 Å². The molecule has 0 aliphatic rings. The van der Waals surface area contributed by atoms with Crippen molar-refractivity contribution in [2.24, 2.45) is 0 Å². The van der Waals surface area contributed by atoms with Crippen molar-refractivity contribution < 1.29 is 23.4 Å². The molecule has 0 aliphatic carbocycles. The van der Waals surface area contributed by atoms with Gasteiger partial charge in [0.1, 0.15) is 38.6 Å². The molecule has 0 bridgehead atoms. The molecule has 3 heterocycles. The maximum atomic E-state index is 14.5. The van der Waals surface area contributed by atoms with Gasteiger partial charge in [-0.3, -0.25) is 9.36 Å². The second kappa shape index (κ2) is 12.1. The monoisotopic (exact) mass is 611 g/mol. The molecule has 0 aliphatic heterocycles. The SMILES string of the molecule is COc1ccc(F)cc1[C@H](Cn1c(=O)n(C(C)(C)C(=O)OC(C)(C)C)c(=O)c2c(C)c(-n3cccn3)sc21)OCCC#N. The summed E-state index contributed by atoms with van der Waals surface area (Å²) < 4.78 is 35.4. The fourth-order valence-electron chi connectivity index (χ4n) is 4.70. The molecule has 43 heavy (non-hydrogen) atoms. The summed E-state index contributed by atoms with van der Waals surface area (Å²) in [4.78, 5) is 42.2. The van der Waals surface area contributed by atoms with Crippen molar-refractivity contribution in [2.75, 3.05) is 13.7 Å². The minimum Gasteiger partial charge on any atom is -0.496 e. The molecule has 0 unspecified atom stereocenters. The van der Waals surface area contributed by atoms with E-state index in [2.05, 4.69) is 5.10 Å². The highest BCUT2D eigenvalue weighted by molar-refractivity contribution is 7.21. The minimum atomic E-state index is -1.70. The van der Waals surface area contributed by atoms with Crippen LogP contribution in [0.5, 0.6) is 5.75 Å². The quantitative estimate of drug-likeness (QED) is 0.188. The maximum Gasteiger partial charge on any atom is 0.333 e. The predicted molar refractivity (Wildman–Crippen MR) is 159 cm³/mol. The van der Waals surface area contributed by atoms with Crippen LogP contribution in [-0.2, 0) is 26.4 Å². The topological polar surface area (TPSA) is 130 Å². The summed E-state index contributed by atoms with van der Waals surface area (Å²) in [6.45, 7) is 9.53. The number of carbonyl (C=O) groups is 1. The number of carbonyl (C=O) groups excluding carboxylic acids is 1. The Balaban J connectivity index is 2.03. The molecule has 0 saturated carbocycles. The van der Waals surface area contributed by atoms with Crippen LogP contribution in [0.3, 0.4) is 0 Å². The smallest absolute Gasteiger partial charge is 0.333 e. The summed E-state index contributed by atoms with van der Waals surface area (Å²) >= 11 is 1.17. The Morgan fingerprint density at radius 1 is 1.21 bits per heavy atom. The van der Waals surface area contributed by atoms with Crippen LogP contribution >= 0.6 is 11.3 Å². The molecule has 228 valence electrons. The van der Waals surface area contributed by atoms with Crippen LogP contribution in [0.25, 0.3) is 15.2 Å². The highest BCUT2D eigenvalue weighted by Crippen LogP contribution is 2.34. The lowest BCUT2D eigenvalue weighted by atomic mass is 10.0. The Bertz CT molecular complexity index is 1810. The van der Waals surface area contributed by atoms with Gasteiger partial charge in [-0.25, -0.2) is 23.2 Å². The number of aryl methyl sites for hydroxylation is 1. The molecule has 1 aromatic carbocycles. The highest BCUT2D eigenvalue weighted by atomic mass is 32.1. The molecule has 0 spiro atoms. The summed E-state index contributed by atoms with van der Waals surface area (Å²) in [5.74, 6) is -1.00. The summed E-state index contributed by atoms with van der Waals surface area (Å²) in [6.07, 6.45) is 2.39. The first-order valence-corrected chi connectivity index (χ1v) is 14.4. The zero-order chi connectivity index (χ0) is 31.7. The van der Waals surface area contributed by atoms with Crippen molar-refractivity contribution >= 4 is 27.5 Å². The molecule has 0 fully saturated rings. The second-order valence-electron chi connectivity index (χ2n) is 11.4. The Hall–Kier alpha value is -4.28. The fourth-order valence-corrected chi connectivity index (χ4v) is 5.95. The number of rotatable bonds is 10. The number of halogens is 1. The van der Waals surface area contributed by atoms with Crippen molar-refractivity contribution in [3.05, 3.63) is 74.4 Å². The summed E-state index contributed by atoms with van der Waals surface area (Å²) in [5.41, 5.74) is -3.16. The lowest BCUT2D eigenvalue weighted by Crippen LogP contribution is -2.54. The van der Waals surface area contributed by atoms with E-state index in [1.54, 1.807) is 50.8 Å².